The monoisotopic (exact) mass is 264 g/mol. The molecule has 0 spiro atoms. The van der Waals surface area contributed by atoms with Crippen LogP contribution in [0.3, 0.4) is 0 Å². The van der Waals surface area contributed by atoms with Gasteiger partial charge in [0, 0.05) is 12.6 Å². The normalized spacial score (nSPS) is 10.9. The average Bonchev–Trinajstić information content (AvgIpc) is 2.75. The molecule has 0 aliphatic carbocycles. The van der Waals surface area contributed by atoms with Crippen molar-refractivity contribution in [3.8, 4) is 0 Å². The topological polar surface area (TPSA) is 104 Å². The molecule has 2 aromatic heterocycles. The molecular weight excluding hydrogens is 248 g/mol. The van der Waals surface area contributed by atoms with Gasteiger partial charge in [-0.25, -0.2) is 19.3 Å². The van der Waals surface area contributed by atoms with Crippen molar-refractivity contribution in [2.75, 3.05) is 18.4 Å². The van der Waals surface area contributed by atoms with Crippen molar-refractivity contribution in [2.24, 2.45) is 5.92 Å². The first-order valence-corrected chi connectivity index (χ1v) is 5.99. The Hall–Kier alpha value is -2.38. The molecule has 0 saturated carbocycles. The van der Waals surface area contributed by atoms with E-state index in [1.165, 1.54) is 10.7 Å². The highest BCUT2D eigenvalue weighted by atomic mass is 16.2. The molecule has 0 atom stereocenters. The van der Waals surface area contributed by atoms with E-state index >= 15 is 0 Å². The van der Waals surface area contributed by atoms with Gasteiger partial charge < -0.3 is 10.6 Å². The van der Waals surface area contributed by atoms with E-state index in [0.717, 1.165) is 0 Å². The summed E-state index contributed by atoms with van der Waals surface area (Å²) in [6, 6.07) is 1.59. The average molecular weight is 264 g/mol. The number of aromatic nitrogens is 4. The van der Waals surface area contributed by atoms with E-state index in [9.17, 15) is 9.59 Å². The minimum absolute atomic E-state index is 0.102. The van der Waals surface area contributed by atoms with Gasteiger partial charge in [-0.3, -0.25) is 4.79 Å². The number of carbonyl (C=O) groups is 1. The van der Waals surface area contributed by atoms with Crippen LogP contribution in [0.4, 0.5) is 5.82 Å². The Labute approximate surface area is 109 Å². The van der Waals surface area contributed by atoms with Crippen LogP contribution in [-0.2, 0) is 4.79 Å². The SMILES string of the molecule is CC(C)CNC(=O)CNc1cc2n[nH]c(=O)n2cn1. The zero-order chi connectivity index (χ0) is 13.8. The van der Waals surface area contributed by atoms with Gasteiger partial charge >= 0.3 is 5.69 Å². The van der Waals surface area contributed by atoms with Gasteiger partial charge in [0.1, 0.15) is 12.1 Å². The maximum absolute atomic E-state index is 11.5. The third kappa shape index (κ3) is 3.30. The van der Waals surface area contributed by atoms with Crippen LogP contribution < -0.4 is 16.3 Å². The van der Waals surface area contributed by atoms with Gasteiger partial charge in [-0.15, -0.1) is 0 Å². The lowest BCUT2D eigenvalue weighted by Gasteiger charge is -2.08. The summed E-state index contributed by atoms with van der Waals surface area (Å²) in [7, 11) is 0. The number of amides is 1. The quantitative estimate of drug-likeness (QED) is 0.681. The fourth-order valence-corrected chi connectivity index (χ4v) is 1.46. The Kier molecular flexibility index (Phi) is 3.79. The van der Waals surface area contributed by atoms with Gasteiger partial charge in [-0.05, 0) is 5.92 Å². The van der Waals surface area contributed by atoms with Gasteiger partial charge in [0.25, 0.3) is 0 Å². The Morgan fingerprint density at radius 2 is 2.32 bits per heavy atom. The van der Waals surface area contributed by atoms with Crippen molar-refractivity contribution in [2.45, 2.75) is 13.8 Å². The summed E-state index contributed by atoms with van der Waals surface area (Å²) in [5, 5.41) is 11.8. The number of H-pyrrole nitrogens is 1. The number of hydrogen-bond donors (Lipinski definition) is 3. The van der Waals surface area contributed by atoms with Crippen molar-refractivity contribution in [1.29, 1.82) is 0 Å². The lowest BCUT2D eigenvalue weighted by atomic mass is 10.2. The second-order valence-corrected chi connectivity index (χ2v) is 4.58. The van der Waals surface area contributed by atoms with E-state index in [4.69, 9.17) is 0 Å². The Morgan fingerprint density at radius 3 is 3.05 bits per heavy atom. The number of rotatable bonds is 5. The smallest absolute Gasteiger partial charge is 0.348 e. The molecule has 102 valence electrons. The molecule has 19 heavy (non-hydrogen) atoms. The molecule has 0 aliphatic rings. The predicted molar refractivity (Wildman–Crippen MR) is 69.9 cm³/mol. The van der Waals surface area contributed by atoms with E-state index in [1.807, 2.05) is 13.8 Å². The van der Waals surface area contributed by atoms with E-state index in [1.54, 1.807) is 6.07 Å². The molecule has 0 saturated heterocycles. The molecule has 3 N–H and O–H groups in total. The number of hydrogen-bond acceptors (Lipinski definition) is 5. The minimum Gasteiger partial charge on any atom is -0.361 e. The predicted octanol–water partition coefficient (Wildman–Crippen LogP) is -0.398. The molecule has 0 radical (unpaired) electrons. The largest absolute Gasteiger partial charge is 0.361 e. The molecule has 0 aliphatic heterocycles. The van der Waals surface area contributed by atoms with Gasteiger partial charge in [0.05, 0.1) is 6.54 Å². The van der Waals surface area contributed by atoms with Crippen LogP contribution in [-0.4, -0.2) is 38.6 Å². The summed E-state index contributed by atoms with van der Waals surface area (Å²) in [5.74, 6) is 0.801. The van der Waals surface area contributed by atoms with Crippen molar-refractivity contribution >= 4 is 17.4 Å². The third-order valence-electron chi connectivity index (χ3n) is 2.45. The molecule has 0 fully saturated rings. The van der Waals surface area contributed by atoms with Crippen LogP contribution in [0.5, 0.6) is 0 Å². The lowest BCUT2D eigenvalue weighted by Crippen LogP contribution is -2.32. The maximum Gasteiger partial charge on any atom is 0.348 e. The molecule has 2 rings (SSSR count). The van der Waals surface area contributed by atoms with Gasteiger partial charge in [0.2, 0.25) is 5.91 Å². The van der Waals surface area contributed by atoms with Crippen molar-refractivity contribution in [3.05, 3.63) is 22.9 Å². The molecule has 0 unspecified atom stereocenters. The number of aromatic amines is 1. The highest BCUT2D eigenvalue weighted by Crippen LogP contribution is 2.03. The second kappa shape index (κ2) is 5.51. The van der Waals surface area contributed by atoms with E-state index in [2.05, 4.69) is 25.8 Å². The lowest BCUT2D eigenvalue weighted by molar-refractivity contribution is -0.119. The number of nitrogens with zero attached hydrogens (tertiary/aromatic N) is 3. The van der Waals surface area contributed by atoms with Gasteiger partial charge in [-0.2, -0.15) is 5.10 Å². The van der Waals surface area contributed by atoms with Gasteiger partial charge in [-0.1, -0.05) is 13.8 Å². The summed E-state index contributed by atoms with van der Waals surface area (Å²) in [6.45, 7) is 4.82. The molecule has 0 bridgehead atoms. The summed E-state index contributed by atoms with van der Waals surface area (Å²) in [5.41, 5.74) is 0.105. The van der Waals surface area contributed by atoms with E-state index in [-0.39, 0.29) is 18.1 Å². The summed E-state index contributed by atoms with van der Waals surface area (Å²) >= 11 is 0. The Morgan fingerprint density at radius 1 is 1.53 bits per heavy atom. The van der Waals surface area contributed by atoms with Crippen LogP contribution in [0, 0.1) is 5.92 Å². The standard InChI is InChI=1S/C11H16N6O2/c1-7(2)4-13-10(18)5-12-8-3-9-15-16-11(19)17(9)6-14-8/h3,6-7,12H,4-5H2,1-2H3,(H,13,18)(H,16,19). The number of nitrogens with one attached hydrogen (secondary N) is 3. The fraction of sp³-hybridized carbons (Fsp3) is 0.455. The first-order valence-electron chi connectivity index (χ1n) is 5.99. The zero-order valence-corrected chi connectivity index (χ0v) is 10.8. The van der Waals surface area contributed by atoms with Crippen molar-refractivity contribution in [3.63, 3.8) is 0 Å². The molecular formula is C11H16N6O2. The van der Waals surface area contributed by atoms with Crippen LogP contribution in [0.25, 0.3) is 5.65 Å². The highest BCUT2D eigenvalue weighted by molar-refractivity contribution is 5.80. The summed E-state index contributed by atoms with van der Waals surface area (Å²) < 4.78 is 1.28. The maximum atomic E-state index is 11.5. The summed E-state index contributed by atoms with van der Waals surface area (Å²) in [4.78, 5) is 26.8. The first-order chi connectivity index (χ1) is 9.06. The third-order valence-corrected chi connectivity index (χ3v) is 2.45. The molecule has 2 aromatic rings. The molecule has 0 aromatic carbocycles. The van der Waals surface area contributed by atoms with Crippen molar-refractivity contribution in [1.82, 2.24) is 24.9 Å². The Balaban J connectivity index is 1.94. The number of fused-ring (bicyclic) bond motifs is 1. The molecule has 8 nitrogen and oxygen atoms in total. The van der Waals surface area contributed by atoms with E-state index < -0.39 is 0 Å². The van der Waals surface area contributed by atoms with E-state index in [0.29, 0.717) is 23.9 Å². The first kappa shape index (κ1) is 13.1. The molecule has 8 heteroatoms. The van der Waals surface area contributed by atoms with Crippen LogP contribution in [0.1, 0.15) is 13.8 Å². The zero-order valence-electron chi connectivity index (χ0n) is 10.8. The minimum atomic E-state index is -0.344. The van der Waals surface area contributed by atoms with Crippen LogP contribution >= 0.6 is 0 Å². The number of carbonyl (C=O) groups excluding carboxylic acids is 1. The molecule has 2 heterocycles. The van der Waals surface area contributed by atoms with Crippen LogP contribution in [0.15, 0.2) is 17.2 Å². The van der Waals surface area contributed by atoms with Gasteiger partial charge in [0.15, 0.2) is 5.65 Å². The number of anilines is 1. The second-order valence-electron chi connectivity index (χ2n) is 4.58. The van der Waals surface area contributed by atoms with Crippen molar-refractivity contribution < 1.29 is 4.79 Å². The summed E-state index contributed by atoms with van der Waals surface area (Å²) in [6.07, 6.45) is 1.36. The fourth-order valence-electron chi connectivity index (χ4n) is 1.46. The highest BCUT2D eigenvalue weighted by Gasteiger charge is 2.05. The Bertz CT molecular complexity index is 629. The van der Waals surface area contributed by atoms with Crippen LogP contribution in [0.2, 0.25) is 0 Å². The molecule has 1 amide bonds.